The molecule has 1 aliphatic carbocycles. The quantitative estimate of drug-likeness (QED) is 0.870. The fourth-order valence-corrected chi connectivity index (χ4v) is 3.30. The second-order valence-electron chi connectivity index (χ2n) is 5.70. The van der Waals surface area contributed by atoms with Crippen LogP contribution < -0.4 is 0 Å². The maximum Gasteiger partial charge on any atom is 0.335 e. The Morgan fingerprint density at radius 3 is 2.83 bits per heavy atom. The number of aromatic carboxylic acids is 1. The van der Waals surface area contributed by atoms with Crippen LogP contribution in [0.1, 0.15) is 41.3 Å². The summed E-state index contributed by atoms with van der Waals surface area (Å²) in [6, 6.07) is 6.40. The van der Waals surface area contributed by atoms with Gasteiger partial charge in [0.05, 0.1) is 5.56 Å². The van der Waals surface area contributed by atoms with E-state index in [-0.39, 0.29) is 0 Å². The van der Waals surface area contributed by atoms with Crippen molar-refractivity contribution in [3.63, 3.8) is 0 Å². The summed E-state index contributed by atoms with van der Waals surface area (Å²) in [7, 11) is 0. The molecule has 1 aromatic carbocycles. The molecule has 3 heteroatoms. The maximum absolute atomic E-state index is 11.2. The smallest absolute Gasteiger partial charge is 0.335 e. The molecule has 0 amide bonds. The highest BCUT2D eigenvalue weighted by atomic mass is 16.4. The Morgan fingerprint density at radius 2 is 2.17 bits per heavy atom. The summed E-state index contributed by atoms with van der Waals surface area (Å²) in [6.45, 7) is 4.24. The monoisotopic (exact) mass is 245 g/mol. The predicted molar refractivity (Wildman–Crippen MR) is 69.7 cm³/mol. The van der Waals surface area contributed by atoms with Crippen molar-refractivity contribution in [1.82, 2.24) is 4.90 Å². The van der Waals surface area contributed by atoms with Crippen molar-refractivity contribution in [3.8, 4) is 0 Å². The van der Waals surface area contributed by atoms with E-state index in [0.29, 0.717) is 5.56 Å². The summed E-state index contributed by atoms with van der Waals surface area (Å²) in [5.41, 5.74) is 2.75. The molecular weight excluding hydrogens is 226 g/mol. The van der Waals surface area contributed by atoms with E-state index < -0.39 is 5.97 Å². The average Bonchev–Trinajstić information content (AvgIpc) is 2.33. The van der Waals surface area contributed by atoms with Crippen LogP contribution in [0.25, 0.3) is 0 Å². The molecule has 0 radical (unpaired) electrons. The minimum atomic E-state index is -0.794. The SMILES string of the molecule is CC1CC(N2CCc3c(cccc3C(=O)O)C2)C1. The number of rotatable bonds is 2. The number of carbonyl (C=O) groups is 1. The Morgan fingerprint density at radius 1 is 1.39 bits per heavy atom. The number of benzene rings is 1. The Labute approximate surface area is 107 Å². The lowest BCUT2D eigenvalue weighted by atomic mass is 9.79. The minimum absolute atomic E-state index is 0.495. The van der Waals surface area contributed by atoms with E-state index in [9.17, 15) is 9.90 Å². The zero-order chi connectivity index (χ0) is 12.7. The normalized spacial score (nSPS) is 27.4. The highest BCUT2D eigenvalue weighted by Gasteiger charge is 2.33. The van der Waals surface area contributed by atoms with Gasteiger partial charge in [-0.25, -0.2) is 4.79 Å². The average molecular weight is 245 g/mol. The van der Waals surface area contributed by atoms with Crippen molar-refractivity contribution < 1.29 is 9.90 Å². The number of nitrogens with zero attached hydrogens (tertiary/aromatic N) is 1. The van der Waals surface area contributed by atoms with Crippen LogP contribution in [0.4, 0.5) is 0 Å². The van der Waals surface area contributed by atoms with Gasteiger partial charge in [-0.3, -0.25) is 4.90 Å². The molecule has 1 N–H and O–H groups in total. The zero-order valence-corrected chi connectivity index (χ0v) is 10.7. The topological polar surface area (TPSA) is 40.5 Å². The van der Waals surface area contributed by atoms with Crippen LogP contribution >= 0.6 is 0 Å². The van der Waals surface area contributed by atoms with E-state index in [1.807, 2.05) is 6.07 Å². The molecule has 1 aliphatic heterocycles. The molecule has 0 saturated heterocycles. The van der Waals surface area contributed by atoms with Crippen molar-refractivity contribution >= 4 is 5.97 Å². The number of carboxylic acid groups (broad SMARTS) is 1. The first-order valence-electron chi connectivity index (χ1n) is 6.73. The second-order valence-corrected chi connectivity index (χ2v) is 5.70. The van der Waals surface area contributed by atoms with Gasteiger partial charge in [0.25, 0.3) is 0 Å². The lowest BCUT2D eigenvalue weighted by molar-refractivity contribution is 0.0679. The first-order chi connectivity index (χ1) is 8.65. The lowest BCUT2D eigenvalue weighted by Gasteiger charge is -2.44. The molecule has 18 heavy (non-hydrogen) atoms. The Balaban J connectivity index is 1.81. The van der Waals surface area contributed by atoms with Crippen molar-refractivity contribution in [2.24, 2.45) is 5.92 Å². The molecule has 1 heterocycles. The van der Waals surface area contributed by atoms with E-state index in [4.69, 9.17) is 0 Å². The van der Waals surface area contributed by atoms with Gasteiger partial charge >= 0.3 is 5.97 Å². The van der Waals surface area contributed by atoms with Crippen molar-refractivity contribution in [3.05, 3.63) is 34.9 Å². The fourth-order valence-electron chi connectivity index (χ4n) is 3.30. The Hall–Kier alpha value is -1.35. The van der Waals surface area contributed by atoms with Crippen LogP contribution in [0.15, 0.2) is 18.2 Å². The van der Waals surface area contributed by atoms with Gasteiger partial charge in [-0.1, -0.05) is 19.1 Å². The van der Waals surface area contributed by atoms with Crippen LogP contribution in [0.2, 0.25) is 0 Å². The van der Waals surface area contributed by atoms with Gasteiger partial charge < -0.3 is 5.11 Å². The molecule has 0 spiro atoms. The standard InChI is InChI=1S/C15H19NO2/c1-10-7-12(8-10)16-6-5-13-11(9-16)3-2-4-14(13)15(17)18/h2-4,10,12H,5-9H2,1H3,(H,17,18). The molecular formula is C15H19NO2. The van der Waals surface area contributed by atoms with Gasteiger partial charge in [-0.05, 0) is 42.4 Å². The third-order valence-corrected chi connectivity index (χ3v) is 4.39. The third-order valence-electron chi connectivity index (χ3n) is 4.39. The van der Waals surface area contributed by atoms with E-state index in [0.717, 1.165) is 37.0 Å². The molecule has 96 valence electrons. The molecule has 0 unspecified atom stereocenters. The molecule has 1 fully saturated rings. The molecule has 2 aliphatic rings. The first kappa shape index (κ1) is 11.7. The third kappa shape index (κ3) is 1.93. The number of fused-ring (bicyclic) bond motifs is 1. The van der Waals surface area contributed by atoms with E-state index >= 15 is 0 Å². The van der Waals surface area contributed by atoms with Crippen molar-refractivity contribution in [1.29, 1.82) is 0 Å². The highest BCUT2D eigenvalue weighted by Crippen LogP contribution is 2.34. The maximum atomic E-state index is 11.2. The summed E-state index contributed by atoms with van der Waals surface area (Å²) >= 11 is 0. The molecule has 3 rings (SSSR count). The summed E-state index contributed by atoms with van der Waals surface area (Å²) in [5, 5.41) is 9.19. The van der Waals surface area contributed by atoms with Crippen molar-refractivity contribution in [2.75, 3.05) is 6.54 Å². The van der Waals surface area contributed by atoms with Gasteiger partial charge in [-0.15, -0.1) is 0 Å². The minimum Gasteiger partial charge on any atom is -0.478 e. The highest BCUT2D eigenvalue weighted by molar-refractivity contribution is 5.89. The van der Waals surface area contributed by atoms with Crippen LogP contribution in [0.3, 0.4) is 0 Å². The molecule has 1 aromatic rings. The summed E-state index contributed by atoms with van der Waals surface area (Å²) < 4.78 is 0. The van der Waals surface area contributed by atoms with Crippen LogP contribution in [0.5, 0.6) is 0 Å². The molecule has 1 saturated carbocycles. The van der Waals surface area contributed by atoms with Crippen LogP contribution in [-0.4, -0.2) is 28.6 Å². The molecule has 3 nitrogen and oxygen atoms in total. The largest absolute Gasteiger partial charge is 0.478 e. The number of hydrogen-bond acceptors (Lipinski definition) is 2. The number of carboxylic acids is 1. The summed E-state index contributed by atoms with van der Waals surface area (Å²) in [5.74, 6) is 0.0688. The Bertz CT molecular complexity index is 477. The zero-order valence-electron chi connectivity index (χ0n) is 10.7. The Kier molecular flexibility index (Phi) is 2.86. The number of hydrogen-bond donors (Lipinski definition) is 1. The summed E-state index contributed by atoms with van der Waals surface area (Å²) in [4.78, 5) is 13.7. The van der Waals surface area contributed by atoms with Gasteiger partial charge in [0, 0.05) is 19.1 Å². The van der Waals surface area contributed by atoms with Gasteiger partial charge in [0.1, 0.15) is 0 Å². The van der Waals surface area contributed by atoms with E-state index in [1.54, 1.807) is 6.07 Å². The van der Waals surface area contributed by atoms with Gasteiger partial charge in [0.15, 0.2) is 0 Å². The molecule has 0 aromatic heterocycles. The van der Waals surface area contributed by atoms with Crippen LogP contribution in [0, 0.1) is 5.92 Å². The molecule has 0 bridgehead atoms. The first-order valence-corrected chi connectivity index (χ1v) is 6.73. The van der Waals surface area contributed by atoms with E-state index in [2.05, 4.69) is 17.9 Å². The molecule has 0 atom stereocenters. The van der Waals surface area contributed by atoms with Gasteiger partial charge in [0.2, 0.25) is 0 Å². The second kappa shape index (κ2) is 4.39. The fraction of sp³-hybridized carbons (Fsp3) is 0.533. The van der Waals surface area contributed by atoms with E-state index in [1.165, 1.54) is 18.4 Å². The predicted octanol–water partition coefficient (Wildman–Crippen LogP) is 2.54. The van der Waals surface area contributed by atoms with Gasteiger partial charge in [-0.2, -0.15) is 0 Å². The van der Waals surface area contributed by atoms with Crippen molar-refractivity contribution in [2.45, 2.75) is 38.8 Å². The summed E-state index contributed by atoms with van der Waals surface area (Å²) in [6.07, 6.45) is 3.48. The van der Waals surface area contributed by atoms with Crippen LogP contribution in [-0.2, 0) is 13.0 Å². The lowest BCUT2D eigenvalue weighted by Crippen LogP contribution is -2.46.